The molecule has 0 amide bonds. The van der Waals surface area contributed by atoms with E-state index in [-0.39, 0.29) is 19.8 Å². The third kappa shape index (κ3) is 8.27. The molecule has 2 heterocycles. The summed E-state index contributed by atoms with van der Waals surface area (Å²) < 4.78 is 36.4. The predicted molar refractivity (Wildman–Crippen MR) is 156 cm³/mol. The molecule has 0 aliphatic carbocycles. The first kappa shape index (κ1) is 32.6. The summed E-state index contributed by atoms with van der Waals surface area (Å²) in [4.78, 5) is 0. The lowest BCUT2D eigenvalue weighted by molar-refractivity contribution is -0.369. The summed E-state index contributed by atoms with van der Waals surface area (Å²) >= 11 is 0. The summed E-state index contributed by atoms with van der Waals surface area (Å²) in [5.41, 5.74) is 2.72. The van der Waals surface area contributed by atoms with Crippen molar-refractivity contribution in [3.8, 4) is 0 Å². The first-order valence-electron chi connectivity index (χ1n) is 14.7. The van der Waals surface area contributed by atoms with Gasteiger partial charge in [0.1, 0.15) is 48.8 Å². The topological polar surface area (TPSA) is 157 Å². The maximum atomic E-state index is 11.2. The van der Waals surface area contributed by atoms with Crippen LogP contribution in [0, 0.1) is 0 Å². The summed E-state index contributed by atoms with van der Waals surface area (Å²) in [7, 11) is 0. The number of benzene rings is 3. The molecule has 3 aromatic carbocycles. The van der Waals surface area contributed by atoms with Gasteiger partial charge in [-0.1, -0.05) is 91.0 Å². The molecule has 0 radical (unpaired) electrons. The molecule has 5 rings (SSSR count). The third-order valence-electron chi connectivity index (χ3n) is 7.71. The van der Waals surface area contributed by atoms with Crippen molar-refractivity contribution in [2.45, 2.75) is 81.2 Å². The van der Waals surface area contributed by atoms with E-state index < -0.39 is 68.0 Å². The van der Waals surface area contributed by atoms with Crippen LogP contribution >= 0.6 is 0 Å². The van der Waals surface area contributed by atoms with E-state index in [9.17, 15) is 25.5 Å². The van der Waals surface area contributed by atoms with Crippen LogP contribution in [0.5, 0.6) is 0 Å². The third-order valence-corrected chi connectivity index (χ3v) is 7.71. The van der Waals surface area contributed by atoms with Crippen LogP contribution in [0.4, 0.5) is 0 Å². The van der Waals surface area contributed by atoms with Crippen LogP contribution < -0.4 is 0 Å². The summed E-state index contributed by atoms with van der Waals surface area (Å²) in [5, 5.41) is 52.1. The minimum Gasteiger partial charge on any atom is -0.394 e. The summed E-state index contributed by atoms with van der Waals surface area (Å²) in [6.45, 7) is 0.0612. The fourth-order valence-corrected chi connectivity index (χ4v) is 5.30. The van der Waals surface area contributed by atoms with Crippen LogP contribution in [-0.2, 0) is 48.2 Å². The van der Waals surface area contributed by atoms with E-state index >= 15 is 0 Å². The minimum absolute atomic E-state index is 0.0589. The molecular formula is C33H40O11. The molecule has 2 saturated heterocycles. The van der Waals surface area contributed by atoms with E-state index in [4.69, 9.17) is 28.4 Å². The van der Waals surface area contributed by atoms with Gasteiger partial charge in [-0.05, 0) is 16.7 Å². The highest BCUT2D eigenvalue weighted by Gasteiger charge is 2.52. The molecule has 2 fully saturated rings. The molecule has 0 saturated carbocycles. The maximum Gasteiger partial charge on any atom is 0.187 e. The first-order valence-corrected chi connectivity index (χ1v) is 14.7. The molecule has 0 aromatic heterocycles. The number of aliphatic hydroxyl groups is 5. The Morgan fingerprint density at radius 3 is 1.61 bits per heavy atom. The van der Waals surface area contributed by atoms with E-state index in [1.165, 1.54) is 0 Å². The summed E-state index contributed by atoms with van der Waals surface area (Å²) in [6, 6.07) is 28.6. The molecular weight excluding hydrogens is 572 g/mol. The van der Waals surface area contributed by atoms with Crippen molar-refractivity contribution in [1.29, 1.82) is 0 Å². The molecule has 3 aromatic rings. The molecule has 0 bridgehead atoms. The standard InChI is InChI=1S/C33H40O11/c34-16-24-26(35)27(36)28(37)33(43-24)44-31-30(41-19-23-14-8-3-9-15-23)29(40-18-22-12-6-2-7-13-22)25(42-32(31)38)20-39-17-21-10-4-1-5-11-21/h1-15,24-38H,16-20H2/t24-,25-,26-,27+,28-,29-,30+,31-,32+,33+/m1/s1. The number of ether oxygens (including phenoxy) is 6. The lowest BCUT2D eigenvalue weighted by atomic mass is 9.96. The Bertz CT molecular complexity index is 1230. The molecule has 44 heavy (non-hydrogen) atoms. The molecule has 2 aliphatic heterocycles. The van der Waals surface area contributed by atoms with Crippen LogP contribution in [0.1, 0.15) is 16.7 Å². The van der Waals surface area contributed by atoms with Gasteiger partial charge in [0.2, 0.25) is 0 Å². The second kappa shape index (κ2) is 16.0. The second-order valence-corrected chi connectivity index (χ2v) is 10.9. The molecule has 2 aliphatic rings. The molecule has 5 N–H and O–H groups in total. The average Bonchev–Trinajstić information content (AvgIpc) is 3.06. The Hall–Kier alpha value is -2.78. The van der Waals surface area contributed by atoms with Gasteiger partial charge in [-0.25, -0.2) is 0 Å². The first-order chi connectivity index (χ1) is 21.4. The smallest absolute Gasteiger partial charge is 0.187 e. The highest BCUT2D eigenvalue weighted by atomic mass is 16.7. The number of aliphatic hydroxyl groups excluding tert-OH is 5. The van der Waals surface area contributed by atoms with Gasteiger partial charge in [0.15, 0.2) is 12.6 Å². The van der Waals surface area contributed by atoms with Gasteiger partial charge in [-0.15, -0.1) is 0 Å². The Labute approximate surface area is 256 Å². The van der Waals surface area contributed by atoms with Crippen LogP contribution in [0.3, 0.4) is 0 Å². The average molecular weight is 613 g/mol. The van der Waals surface area contributed by atoms with Gasteiger partial charge >= 0.3 is 0 Å². The number of rotatable bonds is 13. The summed E-state index contributed by atoms with van der Waals surface area (Å²) in [6.07, 6.45) is -13.1. The zero-order valence-electron chi connectivity index (χ0n) is 24.2. The van der Waals surface area contributed by atoms with Gasteiger partial charge in [0.25, 0.3) is 0 Å². The summed E-state index contributed by atoms with van der Waals surface area (Å²) in [5.74, 6) is 0. The van der Waals surface area contributed by atoms with Crippen LogP contribution in [0.15, 0.2) is 91.0 Å². The van der Waals surface area contributed by atoms with Crippen molar-refractivity contribution in [2.24, 2.45) is 0 Å². The lowest BCUT2D eigenvalue weighted by Crippen LogP contribution is -2.65. The Morgan fingerprint density at radius 1 is 0.545 bits per heavy atom. The molecule has 0 spiro atoms. The van der Waals surface area contributed by atoms with Gasteiger partial charge < -0.3 is 54.0 Å². The van der Waals surface area contributed by atoms with E-state index in [1.807, 2.05) is 91.0 Å². The van der Waals surface area contributed by atoms with Crippen molar-refractivity contribution in [3.63, 3.8) is 0 Å². The Morgan fingerprint density at radius 2 is 1.07 bits per heavy atom. The quantitative estimate of drug-likeness (QED) is 0.190. The molecule has 11 heteroatoms. The Balaban J connectivity index is 1.40. The van der Waals surface area contributed by atoms with E-state index in [1.54, 1.807) is 0 Å². The van der Waals surface area contributed by atoms with Crippen molar-refractivity contribution in [1.82, 2.24) is 0 Å². The largest absolute Gasteiger partial charge is 0.394 e. The molecule has 238 valence electrons. The number of hydrogen-bond donors (Lipinski definition) is 5. The highest BCUT2D eigenvalue weighted by molar-refractivity contribution is 5.15. The van der Waals surface area contributed by atoms with Crippen molar-refractivity contribution >= 4 is 0 Å². The van der Waals surface area contributed by atoms with E-state index in [0.29, 0.717) is 6.61 Å². The minimum atomic E-state index is -1.69. The monoisotopic (exact) mass is 612 g/mol. The normalized spacial score (nSPS) is 32.4. The Kier molecular flexibility index (Phi) is 11.8. The van der Waals surface area contributed by atoms with E-state index in [2.05, 4.69) is 0 Å². The van der Waals surface area contributed by atoms with Gasteiger partial charge in [0, 0.05) is 0 Å². The number of hydrogen-bond acceptors (Lipinski definition) is 11. The van der Waals surface area contributed by atoms with Gasteiger partial charge in [-0.3, -0.25) is 0 Å². The maximum absolute atomic E-state index is 11.2. The molecule has 10 atom stereocenters. The van der Waals surface area contributed by atoms with Gasteiger partial charge in [0.05, 0.1) is 33.0 Å². The van der Waals surface area contributed by atoms with Gasteiger partial charge in [-0.2, -0.15) is 0 Å². The highest BCUT2D eigenvalue weighted by Crippen LogP contribution is 2.32. The second-order valence-electron chi connectivity index (χ2n) is 10.9. The van der Waals surface area contributed by atoms with Crippen molar-refractivity contribution in [3.05, 3.63) is 108 Å². The molecule has 0 unspecified atom stereocenters. The zero-order valence-corrected chi connectivity index (χ0v) is 24.2. The van der Waals surface area contributed by atoms with Crippen LogP contribution in [0.2, 0.25) is 0 Å². The fraction of sp³-hybridized carbons (Fsp3) is 0.455. The van der Waals surface area contributed by atoms with Crippen molar-refractivity contribution in [2.75, 3.05) is 13.2 Å². The zero-order chi connectivity index (χ0) is 30.9. The van der Waals surface area contributed by atoms with Crippen molar-refractivity contribution < 1.29 is 54.0 Å². The predicted octanol–water partition coefficient (Wildman–Crippen LogP) is 1.28. The SMILES string of the molecule is OC[C@H]1O[C@@H](O[C@@H]2[C@@H](OCc3ccccc3)[C@H](OCc3ccccc3)[C@@H](COCc3ccccc3)O[C@@H]2O)[C@H](O)[C@@H](O)[C@@H]1O. The fourth-order valence-electron chi connectivity index (χ4n) is 5.30. The lowest BCUT2D eigenvalue weighted by Gasteiger charge is -2.47. The van der Waals surface area contributed by atoms with Crippen LogP contribution in [-0.4, -0.2) is 100 Å². The van der Waals surface area contributed by atoms with Crippen LogP contribution in [0.25, 0.3) is 0 Å². The molecule has 11 nitrogen and oxygen atoms in total. The van der Waals surface area contributed by atoms with E-state index in [0.717, 1.165) is 16.7 Å².